The average molecular weight is 406 g/mol. The lowest BCUT2D eigenvalue weighted by atomic mass is 10.1. The maximum absolute atomic E-state index is 13.2. The second kappa shape index (κ2) is 7.52. The van der Waals surface area contributed by atoms with Gasteiger partial charge in [-0.2, -0.15) is 0 Å². The van der Waals surface area contributed by atoms with Gasteiger partial charge in [0.2, 0.25) is 0 Å². The predicted molar refractivity (Wildman–Crippen MR) is 114 cm³/mol. The summed E-state index contributed by atoms with van der Waals surface area (Å²) in [6.07, 6.45) is 0. The number of para-hydroxylation sites is 1. The van der Waals surface area contributed by atoms with E-state index in [1.54, 1.807) is 61.7 Å². The molecular weight excluding hydrogens is 388 g/mol. The fraction of sp³-hybridized carbons (Fsp3) is 0.136. The van der Waals surface area contributed by atoms with Crippen LogP contribution in [-0.4, -0.2) is 22.0 Å². The highest BCUT2D eigenvalue weighted by atomic mass is 32.1. The molecule has 4 aromatic rings. The maximum Gasteiger partial charge on any atom is 0.337 e. The highest BCUT2D eigenvalue weighted by Crippen LogP contribution is 2.22. The van der Waals surface area contributed by atoms with Gasteiger partial charge in [0.25, 0.3) is 5.56 Å². The van der Waals surface area contributed by atoms with E-state index in [0.29, 0.717) is 27.2 Å². The van der Waals surface area contributed by atoms with Gasteiger partial charge in [0.15, 0.2) is 5.78 Å². The summed E-state index contributed by atoms with van der Waals surface area (Å²) in [5, 5.41) is 0.429. The van der Waals surface area contributed by atoms with Gasteiger partial charge in [-0.15, -0.1) is 11.3 Å². The molecule has 0 amide bonds. The Morgan fingerprint density at radius 2 is 1.72 bits per heavy atom. The number of carbonyl (C=O) groups is 1. The number of methoxy groups -OCH3 is 1. The number of benzene rings is 2. The van der Waals surface area contributed by atoms with Crippen molar-refractivity contribution in [3.05, 3.63) is 91.9 Å². The molecule has 146 valence electrons. The quantitative estimate of drug-likeness (QED) is 0.476. The fourth-order valence-corrected chi connectivity index (χ4v) is 4.22. The number of ether oxygens (including phenoxy) is 1. The number of Topliss-reactive ketones (excluding diaryl/α,β-unsaturated/α-hetero) is 1. The Hall–Kier alpha value is -3.45. The van der Waals surface area contributed by atoms with Crippen LogP contribution in [0.2, 0.25) is 0 Å². The summed E-state index contributed by atoms with van der Waals surface area (Å²) < 4.78 is 7.63. The van der Waals surface area contributed by atoms with Crippen LogP contribution in [0.1, 0.15) is 15.2 Å². The number of aromatic nitrogens is 2. The SMILES string of the molecule is COc1ccc(C(=O)Cn2c(=O)n(-c3ccccc3)c(=O)c3cc(C)sc32)cc1. The third kappa shape index (κ3) is 3.40. The first-order valence-corrected chi connectivity index (χ1v) is 9.80. The lowest BCUT2D eigenvalue weighted by Crippen LogP contribution is -2.39. The van der Waals surface area contributed by atoms with Gasteiger partial charge >= 0.3 is 5.69 Å². The summed E-state index contributed by atoms with van der Waals surface area (Å²) in [5.74, 6) is 0.424. The molecule has 4 rings (SSSR count). The van der Waals surface area contributed by atoms with E-state index in [1.807, 2.05) is 13.0 Å². The summed E-state index contributed by atoms with van der Waals surface area (Å²) in [5.41, 5.74) is 0.0293. The van der Waals surface area contributed by atoms with E-state index in [9.17, 15) is 14.4 Å². The Morgan fingerprint density at radius 1 is 1.03 bits per heavy atom. The number of fused-ring (bicyclic) bond motifs is 1. The van der Waals surface area contributed by atoms with Crippen LogP contribution in [0.5, 0.6) is 5.75 Å². The maximum atomic E-state index is 13.2. The summed E-state index contributed by atoms with van der Waals surface area (Å²) in [4.78, 5) is 40.5. The normalized spacial score (nSPS) is 11.0. The van der Waals surface area contributed by atoms with Crippen molar-refractivity contribution in [3.63, 3.8) is 0 Å². The van der Waals surface area contributed by atoms with Gasteiger partial charge < -0.3 is 4.74 Å². The Balaban J connectivity index is 1.88. The number of thiophene rings is 1. The molecule has 2 aromatic carbocycles. The Labute approximate surface area is 170 Å². The highest BCUT2D eigenvalue weighted by molar-refractivity contribution is 7.18. The van der Waals surface area contributed by atoms with Crippen molar-refractivity contribution in [2.24, 2.45) is 0 Å². The number of hydrogen-bond donors (Lipinski definition) is 0. The highest BCUT2D eigenvalue weighted by Gasteiger charge is 2.19. The van der Waals surface area contributed by atoms with Crippen molar-refractivity contribution in [2.75, 3.05) is 7.11 Å². The molecule has 0 saturated carbocycles. The summed E-state index contributed by atoms with van der Waals surface area (Å²) >= 11 is 1.33. The molecule has 7 heteroatoms. The van der Waals surface area contributed by atoms with Crippen molar-refractivity contribution in [1.82, 2.24) is 9.13 Å². The summed E-state index contributed by atoms with van der Waals surface area (Å²) in [6, 6.07) is 17.2. The zero-order chi connectivity index (χ0) is 20.5. The van der Waals surface area contributed by atoms with E-state index >= 15 is 0 Å². The van der Waals surface area contributed by atoms with Gasteiger partial charge in [0, 0.05) is 10.4 Å². The largest absolute Gasteiger partial charge is 0.497 e. The van der Waals surface area contributed by atoms with Crippen LogP contribution in [-0.2, 0) is 6.54 Å². The Morgan fingerprint density at radius 3 is 2.38 bits per heavy atom. The van der Waals surface area contributed by atoms with Gasteiger partial charge in [0.1, 0.15) is 10.6 Å². The van der Waals surface area contributed by atoms with Gasteiger partial charge in [-0.05, 0) is 49.4 Å². The predicted octanol–water partition coefficient (Wildman–Crippen LogP) is 3.41. The average Bonchev–Trinajstić information content (AvgIpc) is 3.14. The third-order valence-electron chi connectivity index (χ3n) is 4.66. The molecule has 0 radical (unpaired) electrons. The van der Waals surface area contributed by atoms with E-state index in [2.05, 4.69) is 0 Å². The van der Waals surface area contributed by atoms with E-state index in [1.165, 1.54) is 15.9 Å². The van der Waals surface area contributed by atoms with Crippen LogP contribution in [0.3, 0.4) is 0 Å². The zero-order valence-electron chi connectivity index (χ0n) is 15.9. The van der Waals surface area contributed by atoms with Gasteiger partial charge in [0.05, 0.1) is 24.7 Å². The van der Waals surface area contributed by atoms with Crippen LogP contribution in [0, 0.1) is 6.92 Å². The van der Waals surface area contributed by atoms with Crippen LogP contribution >= 0.6 is 11.3 Å². The molecule has 0 N–H and O–H groups in total. The molecule has 0 saturated heterocycles. The number of nitrogens with zero attached hydrogens (tertiary/aromatic N) is 2. The standard InChI is InChI=1S/C22H18N2O4S/c1-14-12-18-20(26)24(16-6-4-3-5-7-16)22(27)23(21(18)29-14)13-19(25)15-8-10-17(28-2)11-9-15/h3-12H,13H2,1-2H3. The number of carbonyl (C=O) groups excluding carboxylic acids is 1. The minimum absolute atomic E-state index is 0.158. The number of rotatable bonds is 5. The molecule has 2 heterocycles. The van der Waals surface area contributed by atoms with Gasteiger partial charge in [-0.25, -0.2) is 9.36 Å². The van der Waals surface area contributed by atoms with Crippen molar-refractivity contribution in [3.8, 4) is 11.4 Å². The number of ketones is 1. The monoisotopic (exact) mass is 406 g/mol. The molecule has 0 spiro atoms. The summed E-state index contributed by atoms with van der Waals surface area (Å²) in [7, 11) is 1.55. The van der Waals surface area contributed by atoms with Gasteiger partial charge in [-0.1, -0.05) is 18.2 Å². The first-order valence-electron chi connectivity index (χ1n) is 8.98. The van der Waals surface area contributed by atoms with E-state index in [0.717, 1.165) is 9.44 Å². The second-order valence-electron chi connectivity index (χ2n) is 6.57. The van der Waals surface area contributed by atoms with E-state index < -0.39 is 5.69 Å². The molecule has 0 unspecified atom stereocenters. The zero-order valence-corrected chi connectivity index (χ0v) is 16.7. The lowest BCUT2D eigenvalue weighted by molar-refractivity contribution is 0.0971. The Kier molecular flexibility index (Phi) is 4.90. The second-order valence-corrected chi connectivity index (χ2v) is 7.81. The molecule has 0 aliphatic heterocycles. The number of hydrogen-bond acceptors (Lipinski definition) is 5. The van der Waals surface area contributed by atoms with Crippen LogP contribution < -0.4 is 16.0 Å². The van der Waals surface area contributed by atoms with Crippen LogP contribution in [0.15, 0.2) is 70.3 Å². The smallest absolute Gasteiger partial charge is 0.337 e. The lowest BCUT2D eigenvalue weighted by Gasteiger charge is -2.12. The first-order chi connectivity index (χ1) is 14.0. The van der Waals surface area contributed by atoms with E-state index in [-0.39, 0.29) is 17.9 Å². The minimum atomic E-state index is -0.530. The number of aryl methyl sites for hydroxylation is 1. The Bertz CT molecular complexity index is 1320. The molecule has 2 aromatic heterocycles. The molecule has 0 aliphatic carbocycles. The van der Waals surface area contributed by atoms with Crippen molar-refractivity contribution < 1.29 is 9.53 Å². The minimum Gasteiger partial charge on any atom is -0.497 e. The first kappa shape index (κ1) is 18.9. The molecular formula is C22H18N2O4S. The molecule has 6 nitrogen and oxygen atoms in total. The molecule has 0 fully saturated rings. The summed E-state index contributed by atoms with van der Waals surface area (Å²) in [6.45, 7) is 1.71. The molecule has 29 heavy (non-hydrogen) atoms. The van der Waals surface area contributed by atoms with Gasteiger partial charge in [-0.3, -0.25) is 14.2 Å². The molecule has 0 atom stereocenters. The third-order valence-corrected chi connectivity index (χ3v) is 5.74. The fourth-order valence-electron chi connectivity index (χ4n) is 3.23. The van der Waals surface area contributed by atoms with E-state index in [4.69, 9.17) is 4.74 Å². The van der Waals surface area contributed by atoms with Crippen molar-refractivity contribution in [1.29, 1.82) is 0 Å². The van der Waals surface area contributed by atoms with Crippen molar-refractivity contribution in [2.45, 2.75) is 13.5 Å². The topological polar surface area (TPSA) is 70.3 Å². The van der Waals surface area contributed by atoms with Crippen molar-refractivity contribution >= 4 is 27.3 Å². The van der Waals surface area contributed by atoms with Crippen LogP contribution in [0.4, 0.5) is 0 Å². The molecule has 0 aliphatic rings. The molecule has 0 bridgehead atoms. The van der Waals surface area contributed by atoms with Crippen LogP contribution in [0.25, 0.3) is 15.9 Å².